The van der Waals surface area contributed by atoms with Crippen LogP contribution in [0.15, 0.2) is 59.5 Å². The molecule has 2 aromatic carbocycles. The standard InChI is InChI=1S/C20H22N4O3S/c1-22(18-8-3-2-4-9-18)20(25)16-23-11-13-24(14-12-23)28(26,27)19-10-6-5-7-17(19)15-21/h2-10H,11-14,16H2,1H3/p+1. The normalized spacial score (nSPS) is 15.7. The minimum Gasteiger partial charge on any atom is -0.325 e. The van der Waals surface area contributed by atoms with E-state index in [1.807, 2.05) is 36.4 Å². The Bertz CT molecular complexity index is 978. The van der Waals surface area contributed by atoms with Gasteiger partial charge in [0.05, 0.1) is 36.6 Å². The van der Waals surface area contributed by atoms with E-state index in [2.05, 4.69) is 0 Å². The molecule has 1 N–H and O–H groups in total. The van der Waals surface area contributed by atoms with Gasteiger partial charge in [0.1, 0.15) is 6.07 Å². The van der Waals surface area contributed by atoms with Gasteiger partial charge in [0.15, 0.2) is 6.54 Å². The molecule has 0 bridgehead atoms. The van der Waals surface area contributed by atoms with E-state index in [-0.39, 0.29) is 16.4 Å². The Morgan fingerprint density at radius 1 is 1.11 bits per heavy atom. The van der Waals surface area contributed by atoms with Gasteiger partial charge in [-0.1, -0.05) is 30.3 Å². The lowest BCUT2D eigenvalue weighted by Gasteiger charge is -2.32. The van der Waals surface area contributed by atoms with Gasteiger partial charge in [0.25, 0.3) is 5.91 Å². The number of carbonyl (C=O) groups excluding carboxylic acids is 1. The van der Waals surface area contributed by atoms with E-state index < -0.39 is 10.0 Å². The van der Waals surface area contributed by atoms with Gasteiger partial charge in [-0.2, -0.15) is 9.57 Å². The maximum atomic E-state index is 12.9. The summed E-state index contributed by atoms with van der Waals surface area (Å²) in [5, 5.41) is 9.19. The number of nitrogens with one attached hydrogen (secondary N) is 1. The molecule has 8 heteroatoms. The van der Waals surface area contributed by atoms with E-state index in [0.717, 1.165) is 10.6 Å². The van der Waals surface area contributed by atoms with Crippen molar-refractivity contribution in [3.05, 3.63) is 60.2 Å². The van der Waals surface area contributed by atoms with Crippen LogP contribution in [0.2, 0.25) is 0 Å². The Balaban J connectivity index is 1.61. The fourth-order valence-corrected chi connectivity index (χ4v) is 4.85. The Hall–Kier alpha value is -2.73. The van der Waals surface area contributed by atoms with Gasteiger partial charge in [0.2, 0.25) is 10.0 Å². The smallest absolute Gasteiger partial charge is 0.281 e. The first-order valence-corrected chi connectivity index (χ1v) is 10.5. The van der Waals surface area contributed by atoms with Crippen LogP contribution in [0.5, 0.6) is 0 Å². The maximum Gasteiger partial charge on any atom is 0.281 e. The van der Waals surface area contributed by atoms with Crippen molar-refractivity contribution in [3.8, 4) is 6.07 Å². The first kappa shape index (κ1) is 20.0. The fraction of sp³-hybridized carbons (Fsp3) is 0.300. The number of quaternary nitrogens is 1. The molecule has 1 fully saturated rings. The number of piperazine rings is 1. The molecule has 1 aliphatic heterocycles. The molecule has 1 aliphatic rings. The molecule has 0 saturated carbocycles. The highest BCUT2D eigenvalue weighted by Gasteiger charge is 2.32. The summed E-state index contributed by atoms with van der Waals surface area (Å²) in [7, 11) is -1.97. The van der Waals surface area contributed by atoms with Crippen molar-refractivity contribution in [2.75, 3.05) is 44.7 Å². The number of benzene rings is 2. The van der Waals surface area contributed by atoms with Crippen LogP contribution >= 0.6 is 0 Å². The number of nitriles is 1. The summed E-state index contributed by atoms with van der Waals surface area (Å²) < 4.78 is 27.2. The lowest BCUT2D eigenvalue weighted by Crippen LogP contribution is -3.15. The summed E-state index contributed by atoms with van der Waals surface area (Å²) in [5.41, 5.74) is 0.984. The SMILES string of the molecule is CN(C(=O)C[NH+]1CCN(S(=O)(=O)c2ccccc2C#N)CC1)c1ccccc1. The molecule has 1 saturated heterocycles. The third-order valence-corrected chi connectivity index (χ3v) is 6.93. The van der Waals surface area contributed by atoms with Crippen LogP contribution < -0.4 is 9.80 Å². The maximum absolute atomic E-state index is 12.9. The third kappa shape index (κ3) is 4.22. The number of nitrogens with zero attached hydrogens (tertiary/aromatic N) is 3. The summed E-state index contributed by atoms with van der Waals surface area (Å²) in [5.74, 6) is -0.00710. The number of anilines is 1. The highest BCUT2D eigenvalue weighted by Crippen LogP contribution is 2.19. The second-order valence-electron chi connectivity index (χ2n) is 6.73. The number of sulfonamides is 1. The van der Waals surface area contributed by atoms with Crippen LogP contribution in [0.25, 0.3) is 0 Å². The van der Waals surface area contributed by atoms with Crippen LogP contribution in [-0.4, -0.2) is 58.4 Å². The van der Waals surface area contributed by atoms with Crippen molar-refractivity contribution < 1.29 is 18.1 Å². The highest BCUT2D eigenvalue weighted by atomic mass is 32.2. The molecular formula is C20H23N4O3S+. The van der Waals surface area contributed by atoms with Crippen LogP contribution in [0.3, 0.4) is 0 Å². The van der Waals surface area contributed by atoms with Gasteiger partial charge >= 0.3 is 0 Å². The number of rotatable bonds is 5. The van der Waals surface area contributed by atoms with Gasteiger partial charge in [-0.3, -0.25) is 4.79 Å². The second kappa shape index (κ2) is 8.52. The van der Waals surface area contributed by atoms with Crippen molar-refractivity contribution in [3.63, 3.8) is 0 Å². The Morgan fingerprint density at radius 3 is 2.36 bits per heavy atom. The van der Waals surface area contributed by atoms with Gasteiger partial charge in [-0.25, -0.2) is 8.42 Å². The van der Waals surface area contributed by atoms with Crippen molar-refractivity contribution >= 4 is 21.6 Å². The first-order chi connectivity index (χ1) is 13.4. The minimum atomic E-state index is -3.71. The lowest BCUT2D eigenvalue weighted by atomic mass is 10.2. The molecule has 0 aliphatic carbocycles. The van der Waals surface area contributed by atoms with Gasteiger partial charge in [-0.05, 0) is 24.3 Å². The summed E-state index contributed by atoms with van der Waals surface area (Å²) in [4.78, 5) is 15.2. The van der Waals surface area contributed by atoms with Crippen LogP contribution in [0.1, 0.15) is 5.56 Å². The van der Waals surface area contributed by atoms with Gasteiger partial charge in [-0.15, -0.1) is 0 Å². The number of amides is 1. The van der Waals surface area contributed by atoms with E-state index in [4.69, 9.17) is 0 Å². The van der Waals surface area contributed by atoms with E-state index in [1.54, 1.807) is 24.1 Å². The Morgan fingerprint density at radius 2 is 1.71 bits per heavy atom. The van der Waals surface area contributed by atoms with Crippen molar-refractivity contribution in [1.82, 2.24) is 4.31 Å². The average Bonchev–Trinajstić information content (AvgIpc) is 2.74. The zero-order valence-corrected chi connectivity index (χ0v) is 16.5. The largest absolute Gasteiger partial charge is 0.325 e. The van der Waals surface area contributed by atoms with Crippen LogP contribution in [0.4, 0.5) is 5.69 Å². The number of para-hydroxylation sites is 1. The summed E-state index contributed by atoms with van der Waals surface area (Å²) in [6.45, 7) is 2.04. The highest BCUT2D eigenvalue weighted by molar-refractivity contribution is 7.89. The van der Waals surface area contributed by atoms with Crippen molar-refractivity contribution in [2.45, 2.75) is 4.90 Å². The second-order valence-corrected chi connectivity index (χ2v) is 8.63. The summed E-state index contributed by atoms with van der Waals surface area (Å²) >= 11 is 0. The lowest BCUT2D eigenvalue weighted by molar-refractivity contribution is -0.895. The van der Waals surface area contributed by atoms with E-state index in [0.29, 0.717) is 32.7 Å². The first-order valence-electron chi connectivity index (χ1n) is 9.08. The molecule has 3 rings (SSSR count). The van der Waals surface area contributed by atoms with E-state index >= 15 is 0 Å². The van der Waals surface area contributed by atoms with Crippen LogP contribution in [0, 0.1) is 11.3 Å². The monoisotopic (exact) mass is 399 g/mol. The zero-order chi connectivity index (χ0) is 20.1. The summed E-state index contributed by atoms with van der Waals surface area (Å²) in [6.07, 6.45) is 0. The molecule has 146 valence electrons. The molecule has 2 aromatic rings. The molecule has 28 heavy (non-hydrogen) atoms. The predicted octanol–water partition coefficient (Wildman–Crippen LogP) is 0.110. The molecule has 1 heterocycles. The molecule has 1 amide bonds. The number of likely N-dealkylation sites (N-methyl/N-ethyl adjacent to an activating group) is 1. The molecular weight excluding hydrogens is 376 g/mol. The number of carbonyl (C=O) groups is 1. The summed E-state index contributed by atoms with van der Waals surface area (Å²) in [6, 6.07) is 17.6. The molecule has 0 aromatic heterocycles. The third-order valence-electron chi connectivity index (χ3n) is 4.97. The van der Waals surface area contributed by atoms with E-state index in [1.165, 1.54) is 16.4 Å². The fourth-order valence-electron chi connectivity index (χ4n) is 3.27. The van der Waals surface area contributed by atoms with Gasteiger partial charge < -0.3 is 9.80 Å². The molecule has 0 spiro atoms. The molecule has 0 radical (unpaired) electrons. The molecule has 0 unspecified atom stereocenters. The van der Waals surface area contributed by atoms with Gasteiger partial charge in [0, 0.05) is 12.7 Å². The minimum absolute atomic E-state index is 0.00710. The number of hydrogen-bond donors (Lipinski definition) is 1. The zero-order valence-electron chi connectivity index (χ0n) is 15.7. The topological polar surface area (TPSA) is 85.9 Å². The number of hydrogen-bond acceptors (Lipinski definition) is 4. The predicted molar refractivity (Wildman–Crippen MR) is 105 cm³/mol. The van der Waals surface area contributed by atoms with E-state index in [9.17, 15) is 18.5 Å². The van der Waals surface area contributed by atoms with Crippen molar-refractivity contribution in [1.29, 1.82) is 5.26 Å². The van der Waals surface area contributed by atoms with Crippen LogP contribution in [-0.2, 0) is 14.8 Å². The molecule has 7 nitrogen and oxygen atoms in total. The molecule has 0 atom stereocenters. The Labute approximate surface area is 165 Å². The average molecular weight is 399 g/mol. The Kier molecular flexibility index (Phi) is 6.09. The van der Waals surface area contributed by atoms with Crippen molar-refractivity contribution in [2.24, 2.45) is 0 Å². The quantitative estimate of drug-likeness (QED) is 0.773.